The first-order valence-electron chi connectivity index (χ1n) is 10.0. The van der Waals surface area contributed by atoms with Crippen LogP contribution in [0.3, 0.4) is 0 Å². The normalized spacial score (nSPS) is 23.2. The summed E-state index contributed by atoms with van der Waals surface area (Å²) >= 11 is 0. The lowest BCUT2D eigenvalue weighted by Crippen LogP contribution is -2.46. The summed E-state index contributed by atoms with van der Waals surface area (Å²) in [6.07, 6.45) is 6.95. The van der Waals surface area contributed by atoms with Crippen molar-refractivity contribution < 1.29 is 9.72 Å². The molecule has 2 aliphatic heterocycles. The van der Waals surface area contributed by atoms with Crippen molar-refractivity contribution in [2.24, 2.45) is 5.92 Å². The van der Waals surface area contributed by atoms with Gasteiger partial charge >= 0.3 is 0 Å². The van der Waals surface area contributed by atoms with Crippen molar-refractivity contribution in [3.05, 3.63) is 39.8 Å². The second kappa shape index (κ2) is 7.76. The number of piperidine rings is 1. The third-order valence-electron chi connectivity index (χ3n) is 6.02. The standard InChI is InChI=1S/C19H25N7O3/c1-3-24-17(11-22-23-24)19(27)21-9-13-7-14-4-5-15(8-13)25(14)18-12(2)6-16(10-20-18)26(28)29/h6,10-11,13-15H,3-5,7-9H2,1-2H3,(H,21,27)/t13?,14-,15+. The van der Waals surface area contributed by atoms with Gasteiger partial charge in [-0.3, -0.25) is 14.9 Å². The van der Waals surface area contributed by atoms with E-state index in [-0.39, 0.29) is 11.6 Å². The largest absolute Gasteiger partial charge is 0.350 e. The number of amides is 1. The molecule has 2 fully saturated rings. The van der Waals surface area contributed by atoms with Crippen LogP contribution >= 0.6 is 0 Å². The molecule has 0 aliphatic carbocycles. The monoisotopic (exact) mass is 399 g/mol. The molecule has 154 valence electrons. The molecule has 2 aromatic heterocycles. The average molecular weight is 399 g/mol. The SMILES string of the molecule is CCn1nncc1C(=O)NCC1C[C@H]2CC[C@@H](C1)N2c1ncc([N+](=O)[O-])cc1C. The van der Waals surface area contributed by atoms with Gasteiger partial charge in [-0.15, -0.1) is 5.10 Å². The minimum Gasteiger partial charge on any atom is -0.350 e. The number of aryl methyl sites for hydroxylation is 2. The number of aromatic nitrogens is 4. The smallest absolute Gasteiger partial charge is 0.287 e. The van der Waals surface area contributed by atoms with Gasteiger partial charge in [-0.2, -0.15) is 0 Å². The lowest BCUT2D eigenvalue weighted by atomic mass is 9.90. The number of hydrogen-bond acceptors (Lipinski definition) is 7. The van der Waals surface area contributed by atoms with Crippen molar-refractivity contribution in [1.29, 1.82) is 0 Å². The van der Waals surface area contributed by atoms with Crippen LogP contribution in [-0.4, -0.2) is 49.4 Å². The lowest BCUT2D eigenvalue weighted by molar-refractivity contribution is -0.385. The molecule has 1 unspecified atom stereocenters. The highest BCUT2D eigenvalue weighted by Gasteiger charge is 2.42. The summed E-state index contributed by atoms with van der Waals surface area (Å²) in [5.74, 6) is 1.11. The van der Waals surface area contributed by atoms with E-state index in [1.165, 1.54) is 12.4 Å². The Kier molecular flexibility index (Phi) is 5.16. The lowest BCUT2D eigenvalue weighted by Gasteiger charge is -2.40. The van der Waals surface area contributed by atoms with Crippen molar-refractivity contribution in [3.8, 4) is 0 Å². The van der Waals surface area contributed by atoms with Crippen LogP contribution in [0, 0.1) is 23.0 Å². The molecule has 0 saturated carbocycles. The number of nitrogens with one attached hydrogen (secondary N) is 1. The number of carbonyl (C=O) groups is 1. The summed E-state index contributed by atoms with van der Waals surface area (Å²) in [4.78, 5) is 29.8. The summed E-state index contributed by atoms with van der Waals surface area (Å²) in [6, 6.07) is 2.30. The Bertz CT molecular complexity index is 914. The summed E-state index contributed by atoms with van der Waals surface area (Å²) in [6.45, 7) is 5.03. The topological polar surface area (TPSA) is 119 Å². The Morgan fingerprint density at radius 1 is 1.31 bits per heavy atom. The van der Waals surface area contributed by atoms with Crippen molar-refractivity contribution in [2.45, 2.75) is 58.2 Å². The quantitative estimate of drug-likeness (QED) is 0.583. The van der Waals surface area contributed by atoms with Crippen LogP contribution in [0.2, 0.25) is 0 Å². The molecule has 10 heteroatoms. The van der Waals surface area contributed by atoms with Gasteiger partial charge in [0.05, 0.1) is 11.1 Å². The predicted molar refractivity (Wildman–Crippen MR) is 106 cm³/mol. The molecule has 2 saturated heterocycles. The first-order chi connectivity index (χ1) is 14.0. The minimum atomic E-state index is -0.409. The van der Waals surface area contributed by atoms with Crippen molar-refractivity contribution in [2.75, 3.05) is 11.4 Å². The van der Waals surface area contributed by atoms with Crippen LogP contribution < -0.4 is 10.2 Å². The van der Waals surface area contributed by atoms with Gasteiger partial charge in [0, 0.05) is 31.2 Å². The van der Waals surface area contributed by atoms with E-state index in [1.807, 2.05) is 13.8 Å². The third-order valence-corrected chi connectivity index (χ3v) is 6.02. The highest BCUT2D eigenvalue weighted by Crippen LogP contribution is 2.42. The summed E-state index contributed by atoms with van der Waals surface area (Å²) in [5, 5.41) is 21.7. The predicted octanol–water partition coefficient (Wildman–Crippen LogP) is 2.09. The highest BCUT2D eigenvalue weighted by molar-refractivity contribution is 5.92. The van der Waals surface area contributed by atoms with Crippen LogP contribution in [0.15, 0.2) is 18.5 Å². The maximum absolute atomic E-state index is 12.4. The van der Waals surface area contributed by atoms with E-state index >= 15 is 0 Å². The van der Waals surface area contributed by atoms with Gasteiger partial charge in [-0.1, -0.05) is 5.21 Å². The molecule has 0 radical (unpaired) electrons. The molecule has 4 rings (SSSR count). The molecular formula is C19H25N7O3. The average Bonchev–Trinajstić information content (AvgIpc) is 3.28. The Morgan fingerprint density at radius 2 is 2.03 bits per heavy atom. The van der Waals surface area contributed by atoms with Crippen LogP contribution in [0.25, 0.3) is 0 Å². The first kappa shape index (κ1) is 19.3. The van der Waals surface area contributed by atoms with E-state index < -0.39 is 4.92 Å². The second-order valence-electron chi connectivity index (χ2n) is 7.87. The molecule has 4 heterocycles. The van der Waals surface area contributed by atoms with Crippen LogP contribution in [0.4, 0.5) is 11.5 Å². The first-order valence-corrected chi connectivity index (χ1v) is 10.0. The van der Waals surface area contributed by atoms with E-state index in [4.69, 9.17) is 0 Å². The second-order valence-corrected chi connectivity index (χ2v) is 7.87. The third kappa shape index (κ3) is 3.66. The fraction of sp³-hybridized carbons (Fsp3) is 0.579. The number of nitro groups is 1. The molecule has 0 aromatic carbocycles. The van der Waals surface area contributed by atoms with E-state index in [0.29, 0.717) is 36.8 Å². The van der Waals surface area contributed by atoms with Gasteiger partial charge in [0.2, 0.25) is 0 Å². The number of fused-ring (bicyclic) bond motifs is 2. The number of carbonyl (C=O) groups excluding carboxylic acids is 1. The number of rotatable bonds is 6. The molecular weight excluding hydrogens is 374 g/mol. The maximum atomic E-state index is 12.4. The molecule has 1 amide bonds. The Hall–Kier alpha value is -3.04. The van der Waals surface area contributed by atoms with Gasteiger partial charge in [0.25, 0.3) is 11.6 Å². The number of pyridine rings is 1. The van der Waals surface area contributed by atoms with E-state index in [2.05, 4.69) is 25.5 Å². The Balaban J connectivity index is 1.40. The van der Waals surface area contributed by atoms with E-state index in [1.54, 1.807) is 10.7 Å². The van der Waals surface area contributed by atoms with Crippen LogP contribution in [-0.2, 0) is 6.54 Å². The summed E-state index contributed by atoms with van der Waals surface area (Å²) < 4.78 is 1.59. The fourth-order valence-corrected chi connectivity index (χ4v) is 4.72. The van der Waals surface area contributed by atoms with Crippen LogP contribution in [0.1, 0.15) is 48.7 Å². The summed E-state index contributed by atoms with van der Waals surface area (Å²) in [5.41, 5.74) is 1.35. The Morgan fingerprint density at radius 3 is 2.66 bits per heavy atom. The zero-order valence-corrected chi connectivity index (χ0v) is 16.6. The van der Waals surface area contributed by atoms with Crippen LogP contribution in [0.5, 0.6) is 0 Å². The van der Waals surface area contributed by atoms with Crippen molar-refractivity contribution in [3.63, 3.8) is 0 Å². The molecule has 3 atom stereocenters. The summed E-state index contributed by atoms with van der Waals surface area (Å²) in [7, 11) is 0. The minimum absolute atomic E-state index is 0.0250. The van der Waals surface area contributed by atoms with E-state index in [9.17, 15) is 14.9 Å². The maximum Gasteiger partial charge on any atom is 0.287 e. The highest BCUT2D eigenvalue weighted by atomic mass is 16.6. The van der Waals surface area contributed by atoms with Gasteiger partial charge in [0.1, 0.15) is 17.7 Å². The molecule has 2 aliphatic rings. The molecule has 10 nitrogen and oxygen atoms in total. The van der Waals surface area contributed by atoms with Gasteiger partial charge in [0.15, 0.2) is 0 Å². The van der Waals surface area contributed by atoms with Gasteiger partial charge < -0.3 is 10.2 Å². The molecule has 2 bridgehead atoms. The number of anilines is 1. The van der Waals surface area contributed by atoms with Gasteiger partial charge in [-0.25, -0.2) is 9.67 Å². The zero-order valence-electron chi connectivity index (χ0n) is 16.6. The zero-order chi connectivity index (χ0) is 20.5. The molecule has 29 heavy (non-hydrogen) atoms. The van der Waals surface area contributed by atoms with Crippen molar-refractivity contribution >= 4 is 17.4 Å². The number of hydrogen-bond donors (Lipinski definition) is 1. The van der Waals surface area contributed by atoms with Gasteiger partial charge in [-0.05, 0) is 51.0 Å². The van der Waals surface area contributed by atoms with Crippen molar-refractivity contribution in [1.82, 2.24) is 25.3 Å². The number of nitrogens with zero attached hydrogens (tertiary/aromatic N) is 6. The van der Waals surface area contributed by atoms with E-state index in [0.717, 1.165) is 37.1 Å². The molecule has 1 N–H and O–H groups in total. The fourth-order valence-electron chi connectivity index (χ4n) is 4.72. The molecule has 0 spiro atoms. The molecule has 2 aromatic rings. The Labute approximate surface area is 168 Å².